The molecule has 2 N–H and O–H groups in total. The fourth-order valence-corrected chi connectivity index (χ4v) is 2.31. The first-order valence-corrected chi connectivity index (χ1v) is 8.38. The summed E-state index contributed by atoms with van der Waals surface area (Å²) < 4.78 is 0. The predicted molar refractivity (Wildman–Crippen MR) is 97.1 cm³/mol. The third-order valence-electron chi connectivity index (χ3n) is 3.79. The van der Waals surface area contributed by atoms with Gasteiger partial charge in [0.1, 0.15) is 5.69 Å². The van der Waals surface area contributed by atoms with Gasteiger partial charge in [-0.25, -0.2) is 9.97 Å². The van der Waals surface area contributed by atoms with Crippen LogP contribution in [0.1, 0.15) is 47.6 Å². The highest BCUT2D eigenvalue weighted by Gasteiger charge is 2.10. The molecule has 0 aliphatic rings. The second-order valence-electron chi connectivity index (χ2n) is 6.44. The molecule has 0 radical (unpaired) electrons. The third kappa shape index (κ3) is 5.33. The maximum Gasteiger partial charge on any atom is 0.270 e. The number of carbonyl (C=O) groups is 1. The molecule has 0 aliphatic heterocycles. The number of nitrogens with one attached hydrogen (secondary N) is 2. The minimum atomic E-state index is -0.153. The van der Waals surface area contributed by atoms with Gasteiger partial charge in [-0.2, -0.15) is 0 Å². The summed E-state index contributed by atoms with van der Waals surface area (Å²) in [6.07, 6.45) is 0.953. The van der Waals surface area contributed by atoms with Crippen molar-refractivity contribution in [2.24, 2.45) is 5.92 Å². The monoisotopic (exact) mass is 326 g/mol. The summed E-state index contributed by atoms with van der Waals surface area (Å²) in [7, 11) is 0. The summed E-state index contributed by atoms with van der Waals surface area (Å²) in [5, 5.41) is 6.12. The molecule has 0 spiro atoms. The topological polar surface area (TPSA) is 66.9 Å². The van der Waals surface area contributed by atoms with Gasteiger partial charge >= 0.3 is 0 Å². The van der Waals surface area contributed by atoms with Gasteiger partial charge in [-0.1, -0.05) is 38.1 Å². The quantitative estimate of drug-likeness (QED) is 0.817. The molecule has 2 rings (SSSR count). The van der Waals surface area contributed by atoms with E-state index in [-0.39, 0.29) is 5.91 Å². The Labute approximate surface area is 143 Å². The van der Waals surface area contributed by atoms with Gasteiger partial charge in [0.2, 0.25) is 5.95 Å². The number of hydrogen-bond acceptors (Lipinski definition) is 4. The minimum Gasteiger partial charge on any atom is -0.351 e. The predicted octanol–water partition coefficient (Wildman–Crippen LogP) is 3.48. The zero-order chi connectivity index (χ0) is 17.5. The smallest absolute Gasteiger partial charge is 0.270 e. The Morgan fingerprint density at radius 3 is 2.62 bits per heavy atom. The van der Waals surface area contributed by atoms with Crippen LogP contribution in [0.2, 0.25) is 0 Å². The van der Waals surface area contributed by atoms with Gasteiger partial charge in [-0.15, -0.1) is 0 Å². The van der Waals surface area contributed by atoms with E-state index in [2.05, 4.69) is 53.5 Å². The molecule has 2 aromatic rings. The highest BCUT2D eigenvalue weighted by atomic mass is 16.1. The Hall–Kier alpha value is -2.43. The van der Waals surface area contributed by atoms with Gasteiger partial charge in [0, 0.05) is 18.8 Å². The summed E-state index contributed by atoms with van der Waals surface area (Å²) in [5.41, 5.74) is 3.57. The Bertz CT molecular complexity index is 698. The Balaban J connectivity index is 2.02. The molecule has 0 saturated heterocycles. The van der Waals surface area contributed by atoms with Gasteiger partial charge in [-0.3, -0.25) is 4.79 Å². The molecular weight excluding hydrogens is 300 g/mol. The van der Waals surface area contributed by atoms with Gasteiger partial charge in [0.15, 0.2) is 0 Å². The molecule has 0 saturated carbocycles. The first-order chi connectivity index (χ1) is 11.5. The van der Waals surface area contributed by atoms with E-state index < -0.39 is 0 Å². The number of aromatic nitrogens is 2. The van der Waals surface area contributed by atoms with E-state index in [1.807, 2.05) is 19.1 Å². The Morgan fingerprint density at radius 1 is 1.17 bits per heavy atom. The van der Waals surface area contributed by atoms with Crippen molar-refractivity contribution in [2.45, 2.75) is 40.7 Å². The first kappa shape index (κ1) is 17.9. The lowest BCUT2D eigenvalue weighted by Crippen LogP contribution is -2.26. The molecule has 1 heterocycles. The number of rotatable bonds is 7. The van der Waals surface area contributed by atoms with E-state index in [4.69, 9.17) is 0 Å². The first-order valence-electron chi connectivity index (χ1n) is 8.38. The van der Waals surface area contributed by atoms with Crippen LogP contribution in [0.4, 0.5) is 5.95 Å². The number of carbonyl (C=O) groups excluding carboxylic acids is 1. The van der Waals surface area contributed by atoms with E-state index in [9.17, 15) is 4.79 Å². The van der Waals surface area contributed by atoms with Gasteiger partial charge < -0.3 is 10.6 Å². The van der Waals surface area contributed by atoms with Crippen LogP contribution < -0.4 is 10.6 Å². The molecule has 24 heavy (non-hydrogen) atoms. The molecule has 5 heteroatoms. The van der Waals surface area contributed by atoms with Crippen molar-refractivity contribution in [3.05, 3.63) is 52.8 Å². The number of hydrogen-bond donors (Lipinski definition) is 2. The molecule has 1 amide bonds. The number of aryl methyl sites for hydroxylation is 2. The van der Waals surface area contributed by atoms with Crippen molar-refractivity contribution in [1.29, 1.82) is 0 Å². The van der Waals surface area contributed by atoms with E-state index in [0.717, 1.165) is 12.1 Å². The SMILES string of the molecule is Cc1cc(C(=O)NCCC(C)C)nc(NCc2ccccc2C)n1. The van der Waals surface area contributed by atoms with E-state index in [1.54, 1.807) is 6.07 Å². The molecule has 0 bridgehead atoms. The van der Waals surface area contributed by atoms with Gasteiger partial charge in [-0.05, 0) is 43.4 Å². The molecule has 0 aliphatic carbocycles. The number of anilines is 1. The highest BCUT2D eigenvalue weighted by Crippen LogP contribution is 2.10. The maximum atomic E-state index is 12.2. The summed E-state index contributed by atoms with van der Waals surface area (Å²) in [6, 6.07) is 9.87. The summed E-state index contributed by atoms with van der Waals surface area (Å²) >= 11 is 0. The van der Waals surface area contributed by atoms with Crippen molar-refractivity contribution < 1.29 is 4.79 Å². The van der Waals surface area contributed by atoms with Crippen molar-refractivity contribution in [3.8, 4) is 0 Å². The fraction of sp³-hybridized carbons (Fsp3) is 0.421. The molecule has 0 unspecified atom stereocenters. The van der Waals surface area contributed by atoms with Crippen molar-refractivity contribution >= 4 is 11.9 Å². The van der Waals surface area contributed by atoms with E-state index in [0.29, 0.717) is 30.6 Å². The normalized spacial score (nSPS) is 10.7. The molecule has 1 aromatic heterocycles. The number of amides is 1. The second kappa shape index (κ2) is 8.43. The van der Waals surface area contributed by atoms with Crippen LogP contribution in [0.5, 0.6) is 0 Å². The Morgan fingerprint density at radius 2 is 1.92 bits per heavy atom. The average molecular weight is 326 g/mol. The lowest BCUT2D eigenvalue weighted by Gasteiger charge is -2.10. The molecule has 5 nitrogen and oxygen atoms in total. The summed E-state index contributed by atoms with van der Waals surface area (Å²) in [6.45, 7) is 9.49. The molecule has 128 valence electrons. The summed E-state index contributed by atoms with van der Waals surface area (Å²) in [5.74, 6) is 0.885. The van der Waals surface area contributed by atoms with Crippen LogP contribution in [0.15, 0.2) is 30.3 Å². The lowest BCUT2D eigenvalue weighted by atomic mass is 10.1. The molecule has 1 aromatic carbocycles. The molecule has 0 fully saturated rings. The highest BCUT2D eigenvalue weighted by molar-refractivity contribution is 5.92. The lowest BCUT2D eigenvalue weighted by molar-refractivity contribution is 0.0947. The van der Waals surface area contributed by atoms with Crippen molar-refractivity contribution in [2.75, 3.05) is 11.9 Å². The van der Waals surface area contributed by atoms with Crippen LogP contribution in [-0.2, 0) is 6.54 Å². The second-order valence-corrected chi connectivity index (χ2v) is 6.44. The zero-order valence-electron chi connectivity index (χ0n) is 14.9. The van der Waals surface area contributed by atoms with Crippen LogP contribution in [0.3, 0.4) is 0 Å². The minimum absolute atomic E-state index is 0.153. The number of benzene rings is 1. The molecule has 0 atom stereocenters. The van der Waals surface area contributed by atoms with Crippen LogP contribution in [0.25, 0.3) is 0 Å². The fourth-order valence-electron chi connectivity index (χ4n) is 2.31. The van der Waals surface area contributed by atoms with Crippen LogP contribution in [-0.4, -0.2) is 22.4 Å². The van der Waals surface area contributed by atoms with Gasteiger partial charge in [0.25, 0.3) is 5.91 Å². The van der Waals surface area contributed by atoms with Gasteiger partial charge in [0.05, 0.1) is 0 Å². The largest absolute Gasteiger partial charge is 0.351 e. The maximum absolute atomic E-state index is 12.2. The standard InChI is InChI=1S/C19H26N4O/c1-13(2)9-10-20-18(24)17-11-15(4)22-19(23-17)21-12-16-8-6-5-7-14(16)3/h5-8,11,13H,9-10,12H2,1-4H3,(H,20,24)(H,21,22,23). The van der Waals surface area contributed by atoms with E-state index in [1.165, 1.54) is 11.1 Å². The third-order valence-corrected chi connectivity index (χ3v) is 3.79. The number of nitrogens with zero attached hydrogens (tertiary/aromatic N) is 2. The van der Waals surface area contributed by atoms with Crippen molar-refractivity contribution in [3.63, 3.8) is 0 Å². The van der Waals surface area contributed by atoms with E-state index >= 15 is 0 Å². The van der Waals surface area contributed by atoms with Crippen LogP contribution in [0, 0.1) is 19.8 Å². The molecular formula is C19H26N4O. The average Bonchev–Trinajstić information content (AvgIpc) is 2.53. The van der Waals surface area contributed by atoms with Crippen molar-refractivity contribution in [1.82, 2.24) is 15.3 Å². The Kier molecular flexibility index (Phi) is 6.29. The zero-order valence-corrected chi connectivity index (χ0v) is 14.9. The van der Waals surface area contributed by atoms with Crippen LogP contribution >= 0.6 is 0 Å². The summed E-state index contributed by atoms with van der Waals surface area (Å²) in [4.78, 5) is 20.9.